The second-order valence-electron chi connectivity index (χ2n) is 4.39. The molecular weight excluding hydrogens is 314 g/mol. The predicted molar refractivity (Wildman–Crippen MR) is 79.4 cm³/mol. The summed E-state index contributed by atoms with van der Waals surface area (Å²) in [6.45, 7) is 0.927. The standard InChI is InChI=1S/C13H18BrNO2S/c14-10-1-3-13(4-2-10)17-8-12(16)7-15-11-5-6-18-9-11/h1-4,11-12,15-16H,5-9H2. The number of ether oxygens (including phenoxy) is 1. The van der Waals surface area contributed by atoms with Gasteiger partial charge in [-0.05, 0) is 36.4 Å². The van der Waals surface area contributed by atoms with Crippen LogP contribution in [0.1, 0.15) is 6.42 Å². The van der Waals surface area contributed by atoms with E-state index in [2.05, 4.69) is 21.2 Å². The summed E-state index contributed by atoms with van der Waals surface area (Å²) in [6.07, 6.45) is 0.740. The van der Waals surface area contributed by atoms with Crippen LogP contribution in [0.4, 0.5) is 0 Å². The van der Waals surface area contributed by atoms with Gasteiger partial charge < -0.3 is 15.2 Å². The number of hydrogen-bond acceptors (Lipinski definition) is 4. The van der Waals surface area contributed by atoms with Gasteiger partial charge in [-0.3, -0.25) is 0 Å². The molecule has 0 spiro atoms. The molecule has 1 aromatic rings. The Morgan fingerprint density at radius 2 is 2.22 bits per heavy atom. The molecule has 2 N–H and O–H groups in total. The monoisotopic (exact) mass is 331 g/mol. The number of rotatable bonds is 6. The third-order valence-electron chi connectivity index (χ3n) is 2.83. The predicted octanol–water partition coefficient (Wildman–Crippen LogP) is 2.28. The number of thioether (sulfide) groups is 1. The van der Waals surface area contributed by atoms with Crippen molar-refractivity contribution in [3.63, 3.8) is 0 Å². The Morgan fingerprint density at radius 3 is 2.89 bits per heavy atom. The van der Waals surface area contributed by atoms with E-state index in [-0.39, 0.29) is 0 Å². The van der Waals surface area contributed by atoms with Crippen molar-refractivity contribution in [2.75, 3.05) is 24.7 Å². The first-order valence-corrected chi connectivity index (χ1v) is 8.06. The first kappa shape index (κ1) is 14.2. The highest BCUT2D eigenvalue weighted by molar-refractivity contribution is 9.10. The van der Waals surface area contributed by atoms with Crippen molar-refractivity contribution < 1.29 is 9.84 Å². The SMILES string of the molecule is OC(CNC1CCSC1)COc1ccc(Br)cc1. The molecule has 1 heterocycles. The number of hydrogen-bond donors (Lipinski definition) is 2. The molecule has 100 valence electrons. The molecular formula is C13H18BrNO2S. The molecule has 3 nitrogen and oxygen atoms in total. The van der Waals surface area contributed by atoms with E-state index in [1.54, 1.807) is 0 Å². The number of halogens is 1. The zero-order chi connectivity index (χ0) is 12.8. The average molecular weight is 332 g/mol. The van der Waals surface area contributed by atoms with Gasteiger partial charge >= 0.3 is 0 Å². The maximum atomic E-state index is 9.82. The Balaban J connectivity index is 1.64. The van der Waals surface area contributed by atoms with Crippen molar-refractivity contribution in [1.82, 2.24) is 5.32 Å². The summed E-state index contributed by atoms with van der Waals surface area (Å²) in [5.41, 5.74) is 0. The summed E-state index contributed by atoms with van der Waals surface area (Å²) >= 11 is 5.34. The first-order valence-electron chi connectivity index (χ1n) is 6.11. The summed E-state index contributed by atoms with van der Waals surface area (Å²) < 4.78 is 6.55. The molecule has 1 aromatic carbocycles. The Kier molecular flexibility index (Phi) is 5.82. The highest BCUT2D eigenvalue weighted by Gasteiger charge is 2.16. The van der Waals surface area contributed by atoms with Crippen molar-refractivity contribution in [3.05, 3.63) is 28.7 Å². The van der Waals surface area contributed by atoms with Crippen molar-refractivity contribution in [1.29, 1.82) is 0 Å². The Hall–Kier alpha value is -0.230. The van der Waals surface area contributed by atoms with Crippen LogP contribution in [0.2, 0.25) is 0 Å². The van der Waals surface area contributed by atoms with Gasteiger partial charge in [0.1, 0.15) is 18.5 Å². The van der Waals surface area contributed by atoms with E-state index in [0.29, 0.717) is 19.2 Å². The molecule has 1 aliphatic rings. The number of aliphatic hydroxyl groups excluding tert-OH is 1. The van der Waals surface area contributed by atoms with Crippen LogP contribution in [-0.2, 0) is 0 Å². The molecule has 2 rings (SSSR count). The van der Waals surface area contributed by atoms with Gasteiger partial charge in [0.25, 0.3) is 0 Å². The van der Waals surface area contributed by atoms with Gasteiger partial charge in [-0.2, -0.15) is 11.8 Å². The molecule has 0 aromatic heterocycles. The van der Waals surface area contributed by atoms with E-state index in [1.807, 2.05) is 36.0 Å². The van der Waals surface area contributed by atoms with Gasteiger partial charge in [0.15, 0.2) is 0 Å². The van der Waals surface area contributed by atoms with E-state index in [9.17, 15) is 5.11 Å². The lowest BCUT2D eigenvalue weighted by atomic mass is 10.2. The van der Waals surface area contributed by atoms with Crippen LogP contribution in [0.5, 0.6) is 5.75 Å². The first-order chi connectivity index (χ1) is 8.74. The number of nitrogens with one attached hydrogen (secondary N) is 1. The molecule has 0 bridgehead atoms. The highest BCUT2D eigenvalue weighted by atomic mass is 79.9. The van der Waals surface area contributed by atoms with Gasteiger partial charge in [0.05, 0.1) is 0 Å². The molecule has 1 saturated heterocycles. The average Bonchev–Trinajstić information content (AvgIpc) is 2.89. The lowest BCUT2D eigenvalue weighted by Crippen LogP contribution is -2.37. The topological polar surface area (TPSA) is 41.5 Å². The van der Waals surface area contributed by atoms with Crippen LogP contribution >= 0.6 is 27.7 Å². The number of aliphatic hydroxyl groups is 1. The van der Waals surface area contributed by atoms with Crippen LogP contribution in [0.15, 0.2) is 28.7 Å². The summed E-state index contributed by atoms with van der Waals surface area (Å²) in [5, 5.41) is 13.2. The zero-order valence-corrected chi connectivity index (χ0v) is 12.5. The molecule has 0 saturated carbocycles. The van der Waals surface area contributed by atoms with Gasteiger partial charge in [-0.15, -0.1) is 0 Å². The minimum Gasteiger partial charge on any atom is -0.491 e. The number of benzene rings is 1. The minimum atomic E-state index is -0.459. The third-order valence-corrected chi connectivity index (χ3v) is 4.52. The third kappa shape index (κ3) is 4.80. The molecule has 2 unspecified atom stereocenters. The van der Waals surface area contributed by atoms with E-state index in [1.165, 1.54) is 12.2 Å². The molecule has 0 radical (unpaired) electrons. The fourth-order valence-corrected chi connectivity index (χ4v) is 3.23. The van der Waals surface area contributed by atoms with Crippen LogP contribution in [0, 0.1) is 0 Å². The smallest absolute Gasteiger partial charge is 0.119 e. The van der Waals surface area contributed by atoms with Gasteiger partial charge in [-0.25, -0.2) is 0 Å². The quantitative estimate of drug-likeness (QED) is 0.839. The highest BCUT2D eigenvalue weighted by Crippen LogP contribution is 2.17. The second-order valence-corrected chi connectivity index (χ2v) is 6.45. The summed E-state index contributed by atoms with van der Waals surface area (Å²) in [4.78, 5) is 0. The van der Waals surface area contributed by atoms with Crippen LogP contribution < -0.4 is 10.1 Å². The van der Waals surface area contributed by atoms with Crippen LogP contribution in [0.25, 0.3) is 0 Å². The van der Waals surface area contributed by atoms with Gasteiger partial charge in [-0.1, -0.05) is 15.9 Å². The molecule has 2 atom stereocenters. The fourth-order valence-electron chi connectivity index (χ4n) is 1.78. The van der Waals surface area contributed by atoms with Crippen molar-refractivity contribution in [2.45, 2.75) is 18.6 Å². The van der Waals surface area contributed by atoms with Crippen molar-refractivity contribution in [2.24, 2.45) is 0 Å². The maximum Gasteiger partial charge on any atom is 0.119 e. The summed E-state index contributed by atoms with van der Waals surface area (Å²) in [5.74, 6) is 3.16. The molecule has 18 heavy (non-hydrogen) atoms. The lowest BCUT2D eigenvalue weighted by molar-refractivity contribution is 0.104. The molecule has 0 aliphatic carbocycles. The van der Waals surface area contributed by atoms with E-state index < -0.39 is 6.10 Å². The zero-order valence-electron chi connectivity index (χ0n) is 10.1. The summed E-state index contributed by atoms with van der Waals surface area (Å²) in [7, 11) is 0. The fraction of sp³-hybridized carbons (Fsp3) is 0.538. The Labute approximate surface area is 120 Å². The maximum absolute atomic E-state index is 9.82. The van der Waals surface area contributed by atoms with Crippen LogP contribution in [-0.4, -0.2) is 41.9 Å². The minimum absolute atomic E-state index is 0.328. The molecule has 1 aliphatic heterocycles. The molecule has 0 amide bonds. The van der Waals surface area contributed by atoms with Crippen LogP contribution in [0.3, 0.4) is 0 Å². The molecule has 1 fully saturated rings. The van der Waals surface area contributed by atoms with E-state index in [4.69, 9.17) is 4.74 Å². The van der Waals surface area contributed by atoms with Crippen molar-refractivity contribution >= 4 is 27.7 Å². The van der Waals surface area contributed by atoms with Crippen molar-refractivity contribution in [3.8, 4) is 5.75 Å². The second kappa shape index (κ2) is 7.38. The van der Waals surface area contributed by atoms with E-state index >= 15 is 0 Å². The summed E-state index contributed by atoms with van der Waals surface area (Å²) in [6, 6.07) is 8.18. The Morgan fingerprint density at radius 1 is 1.44 bits per heavy atom. The van der Waals surface area contributed by atoms with E-state index in [0.717, 1.165) is 16.0 Å². The van der Waals surface area contributed by atoms with Gasteiger partial charge in [0.2, 0.25) is 0 Å². The van der Waals surface area contributed by atoms with Gasteiger partial charge in [0, 0.05) is 22.8 Å². The Bertz CT molecular complexity index is 355. The normalized spacial score (nSPS) is 20.9. The lowest BCUT2D eigenvalue weighted by Gasteiger charge is -2.16. The largest absolute Gasteiger partial charge is 0.491 e. The molecule has 5 heteroatoms.